The lowest BCUT2D eigenvalue weighted by Crippen LogP contribution is -2.48. The topological polar surface area (TPSA) is 15.7 Å². The highest BCUT2D eigenvalue weighted by Crippen LogP contribution is 2.16. The fourth-order valence-electron chi connectivity index (χ4n) is 2.61. The van der Waals surface area contributed by atoms with E-state index in [0.717, 1.165) is 19.6 Å². The average Bonchev–Trinajstić information content (AvgIpc) is 2.27. The van der Waals surface area contributed by atoms with Gasteiger partial charge in [-0.25, -0.2) is 0 Å². The van der Waals surface area contributed by atoms with Crippen molar-refractivity contribution in [1.29, 1.82) is 0 Å². The molecule has 1 aliphatic heterocycles. The van der Waals surface area contributed by atoms with E-state index in [0.29, 0.717) is 10.8 Å². The first-order valence-electron chi connectivity index (χ1n) is 8.18. The summed E-state index contributed by atoms with van der Waals surface area (Å²) in [5.41, 5.74) is 0.710. The van der Waals surface area contributed by atoms with Crippen LogP contribution in [0.1, 0.15) is 48.0 Å². The third kappa shape index (κ3) is 8.93. The Kier molecular flexibility index (Phi) is 6.96. The number of hydrogen-bond donors (Lipinski definition) is 0. The summed E-state index contributed by atoms with van der Waals surface area (Å²) in [5.74, 6) is 0. The van der Waals surface area contributed by atoms with Crippen LogP contribution in [0.15, 0.2) is 0 Å². The van der Waals surface area contributed by atoms with E-state index in [4.69, 9.17) is 4.74 Å². The van der Waals surface area contributed by atoms with Gasteiger partial charge in [0.15, 0.2) is 0 Å². The van der Waals surface area contributed by atoms with Crippen molar-refractivity contribution in [3.63, 3.8) is 0 Å². The largest absolute Gasteiger partial charge is 0.381 e. The molecule has 120 valence electrons. The number of rotatable bonds is 6. The summed E-state index contributed by atoms with van der Waals surface area (Å²) >= 11 is 0. The zero-order valence-corrected chi connectivity index (χ0v) is 14.7. The van der Waals surface area contributed by atoms with Gasteiger partial charge in [0.05, 0.1) is 6.61 Å². The number of nitrogens with zero attached hydrogens (tertiary/aromatic N) is 2. The number of hydrogen-bond acceptors (Lipinski definition) is 3. The first-order chi connectivity index (χ1) is 9.16. The monoisotopic (exact) mass is 284 g/mol. The van der Waals surface area contributed by atoms with Crippen molar-refractivity contribution in [1.82, 2.24) is 9.80 Å². The second kappa shape index (κ2) is 7.77. The highest BCUT2D eigenvalue weighted by Gasteiger charge is 2.21. The molecule has 1 fully saturated rings. The Balaban J connectivity index is 2.05. The van der Waals surface area contributed by atoms with Crippen LogP contribution in [0.5, 0.6) is 0 Å². The van der Waals surface area contributed by atoms with Gasteiger partial charge in [0.2, 0.25) is 0 Å². The van der Waals surface area contributed by atoms with E-state index < -0.39 is 0 Å². The van der Waals surface area contributed by atoms with Gasteiger partial charge in [-0.3, -0.25) is 0 Å². The van der Waals surface area contributed by atoms with Gasteiger partial charge in [-0.15, -0.1) is 0 Å². The Bertz CT molecular complexity index is 257. The first-order valence-corrected chi connectivity index (χ1v) is 8.18. The Morgan fingerprint density at radius 2 is 1.35 bits per heavy atom. The lowest BCUT2D eigenvalue weighted by molar-refractivity contribution is 0.0563. The van der Waals surface area contributed by atoms with E-state index in [1.807, 2.05) is 0 Å². The van der Waals surface area contributed by atoms with Gasteiger partial charge >= 0.3 is 0 Å². The third-order valence-corrected chi connectivity index (χ3v) is 3.46. The standard InChI is InChI=1S/C17H36N2O/c1-16(2,3)14-19-11-9-18(10-12-19)8-7-13-20-15-17(4,5)6/h7-15H2,1-6H3. The average molecular weight is 284 g/mol. The SMILES string of the molecule is CC(C)(C)COCCCN1CCN(CC(C)(C)C)CC1. The van der Waals surface area contributed by atoms with E-state index in [1.165, 1.54) is 39.3 Å². The third-order valence-electron chi connectivity index (χ3n) is 3.46. The molecule has 0 unspecified atom stereocenters. The van der Waals surface area contributed by atoms with Crippen molar-refractivity contribution in [3.05, 3.63) is 0 Å². The second-order valence-corrected chi connectivity index (χ2v) is 8.65. The van der Waals surface area contributed by atoms with Gasteiger partial charge in [-0.2, -0.15) is 0 Å². The molecular weight excluding hydrogens is 248 g/mol. The number of piperazine rings is 1. The van der Waals surface area contributed by atoms with Crippen LogP contribution in [0.4, 0.5) is 0 Å². The van der Waals surface area contributed by atoms with Gasteiger partial charge in [0, 0.05) is 45.9 Å². The molecule has 3 heteroatoms. The molecule has 0 radical (unpaired) electrons. The maximum Gasteiger partial charge on any atom is 0.0514 e. The summed E-state index contributed by atoms with van der Waals surface area (Å²) < 4.78 is 5.74. The van der Waals surface area contributed by atoms with Crippen molar-refractivity contribution in [3.8, 4) is 0 Å². The second-order valence-electron chi connectivity index (χ2n) is 8.65. The smallest absolute Gasteiger partial charge is 0.0514 e. The number of ether oxygens (including phenoxy) is 1. The summed E-state index contributed by atoms with van der Waals surface area (Å²) in [6.45, 7) is 22.7. The predicted molar refractivity (Wildman–Crippen MR) is 87.2 cm³/mol. The Labute approximate surface area is 126 Å². The van der Waals surface area contributed by atoms with Gasteiger partial charge in [-0.05, 0) is 17.3 Å². The molecule has 0 amide bonds. The molecule has 1 aliphatic rings. The quantitative estimate of drug-likeness (QED) is 0.697. The van der Waals surface area contributed by atoms with Crippen molar-refractivity contribution in [2.45, 2.75) is 48.0 Å². The van der Waals surface area contributed by atoms with E-state index >= 15 is 0 Å². The molecule has 3 nitrogen and oxygen atoms in total. The Morgan fingerprint density at radius 1 is 0.800 bits per heavy atom. The van der Waals surface area contributed by atoms with Crippen LogP contribution in [0, 0.1) is 10.8 Å². The minimum absolute atomic E-state index is 0.290. The summed E-state index contributed by atoms with van der Waals surface area (Å²) in [5, 5.41) is 0. The maximum atomic E-state index is 5.74. The Hall–Kier alpha value is -0.120. The van der Waals surface area contributed by atoms with E-state index in [2.05, 4.69) is 51.3 Å². The van der Waals surface area contributed by atoms with Gasteiger partial charge in [-0.1, -0.05) is 41.5 Å². The summed E-state index contributed by atoms with van der Waals surface area (Å²) in [6.07, 6.45) is 1.16. The van der Waals surface area contributed by atoms with E-state index in [9.17, 15) is 0 Å². The van der Waals surface area contributed by atoms with Crippen molar-refractivity contribution in [2.75, 3.05) is 52.5 Å². The summed E-state index contributed by atoms with van der Waals surface area (Å²) in [4.78, 5) is 5.19. The zero-order chi connectivity index (χ0) is 15.2. The molecular formula is C17H36N2O. The normalized spacial score (nSPS) is 19.5. The maximum absolute atomic E-state index is 5.74. The van der Waals surface area contributed by atoms with Gasteiger partial charge in [0.1, 0.15) is 0 Å². The molecule has 0 aromatic heterocycles. The van der Waals surface area contributed by atoms with Crippen LogP contribution in [0.3, 0.4) is 0 Å². The fraction of sp³-hybridized carbons (Fsp3) is 1.00. The molecule has 1 rings (SSSR count). The molecule has 0 N–H and O–H groups in total. The van der Waals surface area contributed by atoms with Crippen LogP contribution < -0.4 is 0 Å². The minimum atomic E-state index is 0.290. The first kappa shape index (κ1) is 17.9. The van der Waals surface area contributed by atoms with Crippen LogP contribution >= 0.6 is 0 Å². The van der Waals surface area contributed by atoms with Crippen LogP contribution in [-0.2, 0) is 4.74 Å². The van der Waals surface area contributed by atoms with Crippen molar-refractivity contribution >= 4 is 0 Å². The molecule has 0 atom stereocenters. The van der Waals surface area contributed by atoms with Gasteiger partial charge < -0.3 is 14.5 Å². The van der Waals surface area contributed by atoms with Crippen LogP contribution in [-0.4, -0.2) is 62.3 Å². The molecule has 0 aliphatic carbocycles. The van der Waals surface area contributed by atoms with Crippen molar-refractivity contribution < 1.29 is 4.74 Å². The molecule has 0 aromatic carbocycles. The highest BCUT2D eigenvalue weighted by atomic mass is 16.5. The predicted octanol–water partition coefficient (Wildman–Crippen LogP) is 3.10. The van der Waals surface area contributed by atoms with Crippen molar-refractivity contribution in [2.24, 2.45) is 10.8 Å². The molecule has 1 heterocycles. The highest BCUT2D eigenvalue weighted by molar-refractivity contribution is 4.76. The van der Waals surface area contributed by atoms with Gasteiger partial charge in [0.25, 0.3) is 0 Å². The molecule has 0 spiro atoms. The molecule has 20 heavy (non-hydrogen) atoms. The van der Waals surface area contributed by atoms with E-state index in [1.54, 1.807) is 0 Å². The zero-order valence-electron chi connectivity index (χ0n) is 14.7. The molecule has 0 bridgehead atoms. The van der Waals surface area contributed by atoms with E-state index in [-0.39, 0.29) is 0 Å². The van der Waals surface area contributed by atoms with Crippen LogP contribution in [0.2, 0.25) is 0 Å². The fourth-order valence-corrected chi connectivity index (χ4v) is 2.61. The molecule has 0 aromatic rings. The lowest BCUT2D eigenvalue weighted by atomic mass is 9.96. The Morgan fingerprint density at radius 3 is 1.85 bits per heavy atom. The molecule has 1 saturated heterocycles. The van der Waals surface area contributed by atoms with Crippen LogP contribution in [0.25, 0.3) is 0 Å². The minimum Gasteiger partial charge on any atom is -0.381 e. The summed E-state index contributed by atoms with van der Waals surface area (Å²) in [7, 11) is 0. The lowest BCUT2D eigenvalue weighted by Gasteiger charge is -2.37. The molecule has 0 saturated carbocycles. The summed E-state index contributed by atoms with van der Waals surface area (Å²) in [6, 6.07) is 0.